The Morgan fingerprint density at radius 2 is 1.84 bits per heavy atom. The van der Waals surface area contributed by atoms with Crippen LogP contribution in [0, 0.1) is 5.92 Å². The summed E-state index contributed by atoms with van der Waals surface area (Å²) in [6.07, 6.45) is -3.18. The molecule has 0 spiro atoms. The topological polar surface area (TPSA) is 120 Å². The van der Waals surface area contributed by atoms with Crippen LogP contribution in [0.3, 0.4) is 0 Å². The Bertz CT molecular complexity index is 1310. The normalized spacial score (nSPS) is 17.2. The van der Waals surface area contributed by atoms with Crippen molar-refractivity contribution in [3.05, 3.63) is 71.4 Å². The highest BCUT2D eigenvalue weighted by Crippen LogP contribution is 2.31. The zero-order chi connectivity index (χ0) is 26.6. The Hall–Kier alpha value is -4.15. The number of hydrogen-bond donors (Lipinski definition) is 4. The Morgan fingerprint density at radius 1 is 1.08 bits per heavy atom. The summed E-state index contributed by atoms with van der Waals surface area (Å²) in [6, 6.07) is 11.4. The monoisotopic (exact) mass is 514 g/mol. The molecule has 1 aromatic heterocycles. The highest BCUT2D eigenvalue weighted by molar-refractivity contribution is 6.00. The smallest absolute Gasteiger partial charge is 0.356 e. The third-order valence-electron chi connectivity index (χ3n) is 6.29. The molecule has 1 aliphatic rings. The van der Waals surface area contributed by atoms with E-state index in [2.05, 4.69) is 20.9 Å². The zero-order valence-electron chi connectivity index (χ0n) is 19.6. The molecule has 3 amide bonds. The van der Waals surface area contributed by atoms with Gasteiger partial charge in [0.1, 0.15) is 18.0 Å². The average Bonchev–Trinajstić information content (AvgIpc) is 3.48. The first-order valence-corrected chi connectivity index (χ1v) is 11.7. The summed E-state index contributed by atoms with van der Waals surface area (Å²) in [4.78, 5) is 52.3. The van der Waals surface area contributed by atoms with E-state index in [-0.39, 0.29) is 30.0 Å². The number of H-pyrrole nitrogens is 1. The zero-order valence-corrected chi connectivity index (χ0v) is 19.6. The van der Waals surface area contributed by atoms with E-state index in [1.54, 1.807) is 30.3 Å². The van der Waals surface area contributed by atoms with Gasteiger partial charge in [-0.05, 0) is 36.6 Å². The quantitative estimate of drug-likeness (QED) is 0.328. The molecule has 1 fully saturated rings. The van der Waals surface area contributed by atoms with E-state index in [0.29, 0.717) is 24.6 Å². The summed E-state index contributed by atoms with van der Waals surface area (Å²) < 4.78 is 39.1. The van der Waals surface area contributed by atoms with Gasteiger partial charge in [0.2, 0.25) is 11.8 Å². The van der Waals surface area contributed by atoms with Crippen molar-refractivity contribution in [3.8, 4) is 0 Å². The fraction of sp³-hybridized carbons (Fsp3) is 0.308. The first-order chi connectivity index (χ1) is 17.6. The predicted octanol–water partition coefficient (Wildman–Crippen LogP) is 2.74. The minimum Gasteiger partial charge on any atom is -0.356 e. The number of alkyl halides is 3. The van der Waals surface area contributed by atoms with E-state index in [1.807, 2.05) is 0 Å². The van der Waals surface area contributed by atoms with E-state index >= 15 is 0 Å². The minimum atomic E-state index is -4.53. The Balaban J connectivity index is 1.52. The molecular formula is C26H25F3N4O4. The molecule has 3 atom stereocenters. The van der Waals surface area contributed by atoms with Crippen LogP contribution in [0.1, 0.15) is 34.5 Å². The van der Waals surface area contributed by atoms with Crippen molar-refractivity contribution in [2.75, 3.05) is 6.54 Å². The number of aldehydes is 1. The van der Waals surface area contributed by atoms with Gasteiger partial charge in [-0.2, -0.15) is 13.2 Å². The molecule has 1 saturated heterocycles. The van der Waals surface area contributed by atoms with Crippen LogP contribution in [0.4, 0.5) is 13.2 Å². The summed E-state index contributed by atoms with van der Waals surface area (Å²) in [5.74, 6) is -1.89. The molecule has 8 nitrogen and oxygen atoms in total. The number of amides is 3. The SMILES string of the molecule is O=C[C@H](C[C@@H]1CCNC1=O)NC(=O)[C@H](Cc1ccccc1)NC(=O)c1cc2ccc(C(F)(F)F)cc2[nH]1. The standard InChI is InChI=1S/C26H25F3N4O4/c27-26(28,29)18-7-6-16-12-22(32-20(16)13-18)25(37)33-21(10-15-4-2-1-3-5-15)24(36)31-19(14-34)11-17-8-9-30-23(17)35/h1-7,12-14,17,19,21,32H,8-11H2,(H,30,35)(H,31,36)(H,33,37)/t17-,19-,21-/m0/s1. The van der Waals surface area contributed by atoms with Crippen molar-refractivity contribution < 1.29 is 32.3 Å². The molecular weight excluding hydrogens is 489 g/mol. The molecule has 2 aromatic carbocycles. The minimum absolute atomic E-state index is 0.0187. The van der Waals surface area contributed by atoms with Crippen LogP contribution < -0.4 is 16.0 Å². The number of rotatable bonds is 9. The number of hydrogen-bond acceptors (Lipinski definition) is 4. The Kier molecular flexibility index (Phi) is 7.61. The first kappa shape index (κ1) is 25.9. The molecule has 0 bridgehead atoms. The van der Waals surface area contributed by atoms with Crippen molar-refractivity contribution in [2.45, 2.75) is 37.5 Å². The second kappa shape index (κ2) is 10.9. The Labute approximate surface area is 210 Å². The fourth-order valence-electron chi connectivity index (χ4n) is 4.33. The number of halogens is 3. The van der Waals surface area contributed by atoms with Gasteiger partial charge in [0.25, 0.3) is 5.91 Å². The van der Waals surface area contributed by atoms with Gasteiger partial charge < -0.3 is 25.7 Å². The molecule has 0 saturated carbocycles. The number of aromatic nitrogens is 1. The van der Waals surface area contributed by atoms with Gasteiger partial charge in [0.05, 0.1) is 11.6 Å². The van der Waals surface area contributed by atoms with Crippen LogP contribution in [-0.2, 0) is 27.0 Å². The maximum atomic E-state index is 13.1. The molecule has 194 valence electrons. The van der Waals surface area contributed by atoms with Gasteiger partial charge in [0.15, 0.2) is 0 Å². The van der Waals surface area contributed by atoms with Crippen molar-refractivity contribution in [2.24, 2.45) is 5.92 Å². The highest BCUT2D eigenvalue weighted by Gasteiger charge is 2.32. The maximum Gasteiger partial charge on any atom is 0.416 e. The lowest BCUT2D eigenvalue weighted by Crippen LogP contribution is -2.51. The predicted molar refractivity (Wildman–Crippen MR) is 128 cm³/mol. The van der Waals surface area contributed by atoms with Crippen molar-refractivity contribution in [1.82, 2.24) is 20.9 Å². The van der Waals surface area contributed by atoms with Gasteiger partial charge in [-0.1, -0.05) is 36.4 Å². The number of carbonyl (C=O) groups excluding carboxylic acids is 4. The molecule has 1 aliphatic heterocycles. The number of fused-ring (bicyclic) bond motifs is 1. The van der Waals surface area contributed by atoms with Crippen molar-refractivity contribution >= 4 is 34.9 Å². The molecule has 37 heavy (non-hydrogen) atoms. The van der Waals surface area contributed by atoms with Gasteiger partial charge in [-0.3, -0.25) is 14.4 Å². The van der Waals surface area contributed by atoms with Crippen molar-refractivity contribution in [3.63, 3.8) is 0 Å². The van der Waals surface area contributed by atoms with E-state index in [0.717, 1.165) is 17.7 Å². The molecule has 0 unspecified atom stereocenters. The molecule has 3 aromatic rings. The lowest BCUT2D eigenvalue weighted by Gasteiger charge is -2.22. The second-order valence-corrected chi connectivity index (χ2v) is 8.96. The number of aromatic amines is 1. The summed E-state index contributed by atoms with van der Waals surface area (Å²) in [7, 11) is 0. The van der Waals surface area contributed by atoms with Gasteiger partial charge in [0, 0.05) is 29.8 Å². The Morgan fingerprint density at radius 3 is 2.49 bits per heavy atom. The summed E-state index contributed by atoms with van der Waals surface area (Å²) in [6.45, 7) is 0.505. The van der Waals surface area contributed by atoms with E-state index in [1.165, 1.54) is 12.1 Å². The maximum absolute atomic E-state index is 13.1. The highest BCUT2D eigenvalue weighted by atomic mass is 19.4. The number of benzene rings is 2. The molecule has 11 heteroatoms. The number of nitrogens with one attached hydrogen (secondary N) is 4. The van der Waals surface area contributed by atoms with Crippen LogP contribution in [0.2, 0.25) is 0 Å². The molecule has 4 rings (SSSR count). The average molecular weight is 515 g/mol. The van der Waals surface area contributed by atoms with E-state index in [9.17, 15) is 32.3 Å². The summed E-state index contributed by atoms with van der Waals surface area (Å²) in [5, 5.41) is 8.31. The summed E-state index contributed by atoms with van der Waals surface area (Å²) in [5.41, 5.74) is -0.00660. The first-order valence-electron chi connectivity index (χ1n) is 11.7. The molecule has 0 radical (unpaired) electrons. The van der Waals surface area contributed by atoms with Crippen LogP contribution in [0.5, 0.6) is 0 Å². The van der Waals surface area contributed by atoms with Gasteiger partial charge >= 0.3 is 6.18 Å². The molecule has 2 heterocycles. The molecule has 0 aliphatic carbocycles. The summed E-state index contributed by atoms with van der Waals surface area (Å²) >= 11 is 0. The number of carbonyl (C=O) groups is 4. The second-order valence-electron chi connectivity index (χ2n) is 8.96. The van der Waals surface area contributed by atoms with Crippen LogP contribution >= 0.6 is 0 Å². The third kappa shape index (κ3) is 6.35. The van der Waals surface area contributed by atoms with Crippen LogP contribution in [0.15, 0.2) is 54.6 Å². The van der Waals surface area contributed by atoms with Crippen LogP contribution in [0.25, 0.3) is 10.9 Å². The third-order valence-corrected chi connectivity index (χ3v) is 6.29. The van der Waals surface area contributed by atoms with E-state index < -0.39 is 41.6 Å². The lowest BCUT2D eigenvalue weighted by molar-refractivity contribution is -0.137. The molecule has 4 N–H and O–H groups in total. The van der Waals surface area contributed by atoms with Crippen LogP contribution in [-0.4, -0.2) is 47.6 Å². The van der Waals surface area contributed by atoms with Crippen molar-refractivity contribution in [1.29, 1.82) is 0 Å². The van der Waals surface area contributed by atoms with Gasteiger partial charge in [-0.15, -0.1) is 0 Å². The van der Waals surface area contributed by atoms with Gasteiger partial charge in [-0.25, -0.2) is 0 Å². The fourth-order valence-corrected chi connectivity index (χ4v) is 4.33. The van der Waals surface area contributed by atoms with E-state index in [4.69, 9.17) is 0 Å². The largest absolute Gasteiger partial charge is 0.416 e. The lowest BCUT2D eigenvalue weighted by atomic mass is 9.98.